The number of aliphatic carboxylic acids is 1. The van der Waals surface area contributed by atoms with Crippen molar-refractivity contribution in [2.45, 2.75) is 18.9 Å². The summed E-state index contributed by atoms with van der Waals surface area (Å²) in [6.07, 6.45) is 1.23. The van der Waals surface area contributed by atoms with Gasteiger partial charge in [0, 0.05) is 5.56 Å². The first kappa shape index (κ1) is 17.4. The van der Waals surface area contributed by atoms with Crippen LogP contribution in [0.15, 0.2) is 48.5 Å². The number of nitrogens with zero attached hydrogens (tertiary/aromatic N) is 1. The van der Waals surface area contributed by atoms with E-state index in [1.807, 2.05) is 24.3 Å². The second-order valence-electron chi connectivity index (χ2n) is 6.34. The summed E-state index contributed by atoms with van der Waals surface area (Å²) in [7, 11) is 1.64. The Morgan fingerprint density at radius 3 is 2.40 bits per heavy atom. The highest BCUT2D eigenvalue weighted by Crippen LogP contribution is 2.37. The summed E-state index contributed by atoms with van der Waals surface area (Å²) in [6.45, 7) is 1.36. The summed E-state index contributed by atoms with van der Waals surface area (Å²) < 4.78 is 18.9. The number of likely N-dealkylation sites (tertiary alicyclic amines) is 1. The number of carboxylic acids is 1. The molecule has 5 heteroatoms. The molecule has 0 amide bonds. The minimum absolute atomic E-state index is 0.0912. The molecule has 1 aliphatic heterocycles. The average Bonchev–Trinajstić information content (AvgIpc) is 2.64. The van der Waals surface area contributed by atoms with Crippen molar-refractivity contribution in [3.05, 3.63) is 65.5 Å². The molecule has 0 aromatic heterocycles. The van der Waals surface area contributed by atoms with Gasteiger partial charge in [-0.15, -0.1) is 0 Å². The molecule has 4 nitrogen and oxygen atoms in total. The van der Waals surface area contributed by atoms with Crippen LogP contribution in [0.4, 0.5) is 4.39 Å². The minimum Gasteiger partial charge on any atom is -0.496 e. The van der Waals surface area contributed by atoms with Gasteiger partial charge < -0.3 is 9.84 Å². The molecule has 0 saturated carbocycles. The number of halogens is 1. The highest BCUT2D eigenvalue weighted by molar-refractivity contribution is 5.70. The van der Waals surface area contributed by atoms with Gasteiger partial charge in [0.2, 0.25) is 0 Å². The number of carbonyl (C=O) groups is 1. The third kappa shape index (κ3) is 3.82. The van der Waals surface area contributed by atoms with Gasteiger partial charge in [-0.25, -0.2) is 4.39 Å². The second-order valence-corrected chi connectivity index (χ2v) is 6.34. The van der Waals surface area contributed by atoms with Crippen molar-refractivity contribution in [2.24, 2.45) is 5.92 Å². The third-order valence-electron chi connectivity index (χ3n) is 4.86. The van der Waals surface area contributed by atoms with Crippen molar-refractivity contribution >= 4 is 5.97 Å². The van der Waals surface area contributed by atoms with E-state index in [-0.39, 0.29) is 17.8 Å². The van der Waals surface area contributed by atoms with Crippen LogP contribution in [0.25, 0.3) is 0 Å². The van der Waals surface area contributed by atoms with Crippen molar-refractivity contribution in [3.63, 3.8) is 0 Å². The summed E-state index contributed by atoms with van der Waals surface area (Å²) in [5.74, 6) is -0.512. The quantitative estimate of drug-likeness (QED) is 0.899. The zero-order chi connectivity index (χ0) is 17.8. The fourth-order valence-corrected chi connectivity index (χ4v) is 3.53. The standard InChI is InChI=1S/C20H22FNO3/c1-25-18-5-3-2-4-17(18)19(14-6-8-16(21)9-7-14)22-12-10-15(11-13-22)20(23)24/h2-9,15,19H,10-13H2,1H3,(H,23,24). The maximum atomic E-state index is 13.4. The highest BCUT2D eigenvalue weighted by Gasteiger charge is 2.31. The molecule has 132 valence electrons. The van der Waals surface area contributed by atoms with E-state index in [1.165, 1.54) is 12.1 Å². The Morgan fingerprint density at radius 2 is 1.80 bits per heavy atom. The first-order valence-electron chi connectivity index (χ1n) is 8.45. The molecule has 3 rings (SSSR count). The molecule has 1 fully saturated rings. The van der Waals surface area contributed by atoms with Crippen molar-refractivity contribution in [1.82, 2.24) is 4.90 Å². The fourth-order valence-electron chi connectivity index (χ4n) is 3.53. The predicted molar refractivity (Wildman–Crippen MR) is 93.2 cm³/mol. The fraction of sp³-hybridized carbons (Fsp3) is 0.350. The molecule has 1 N–H and O–H groups in total. The molecule has 25 heavy (non-hydrogen) atoms. The van der Waals surface area contributed by atoms with E-state index in [2.05, 4.69) is 4.90 Å². The lowest BCUT2D eigenvalue weighted by molar-refractivity contribution is -0.143. The second kappa shape index (κ2) is 7.66. The molecule has 1 atom stereocenters. The van der Waals surface area contributed by atoms with Gasteiger partial charge >= 0.3 is 5.97 Å². The van der Waals surface area contributed by atoms with Crippen molar-refractivity contribution in [2.75, 3.05) is 20.2 Å². The van der Waals surface area contributed by atoms with Crippen LogP contribution >= 0.6 is 0 Å². The Bertz CT molecular complexity index is 724. The zero-order valence-electron chi connectivity index (χ0n) is 14.2. The number of hydrogen-bond acceptors (Lipinski definition) is 3. The Balaban J connectivity index is 1.95. The number of hydrogen-bond donors (Lipinski definition) is 1. The SMILES string of the molecule is COc1ccccc1C(c1ccc(F)cc1)N1CCC(C(=O)O)CC1. The lowest BCUT2D eigenvalue weighted by Crippen LogP contribution is -2.39. The van der Waals surface area contributed by atoms with E-state index in [9.17, 15) is 14.3 Å². The van der Waals surface area contributed by atoms with Crippen LogP contribution < -0.4 is 4.74 Å². The number of carboxylic acid groups (broad SMARTS) is 1. The van der Waals surface area contributed by atoms with E-state index in [1.54, 1.807) is 19.2 Å². The summed E-state index contributed by atoms with van der Waals surface area (Å²) in [5.41, 5.74) is 1.98. The topological polar surface area (TPSA) is 49.8 Å². The molecule has 1 unspecified atom stereocenters. The predicted octanol–water partition coefficient (Wildman–Crippen LogP) is 3.72. The number of para-hydroxylation sites is 1. The van der Waals surface area contributed by atoms with E-state index in [0.717, 1.165) is 16.9 Å². The van der Waals surface area contributed by atoms with Crippen LogP contribution in [0.2, 0.25) is 0 Å². The van der Waals surface area contributed by atoms with Crippen LogP contribution in [0.5, 0.6) is 5.75 Å². The molecule has 2 aromatic rings. The summed E-state index contributed by atoms with van der Waals surface area (Å²) in [4.78, 5) is 13.5. The van der Waals surface area contributed by atoms with Crippen molar-refractivity contribution < 1.29 is 19.0 Å². The smallest absolute Gasteiger partial charge is 0.306 e. The van der Waals surface area contributed by atoms with Crippen molar-refractivity contribution in [3.8, 4) is 5.75 Å². The van der Waals surface area contributed by atoms with E-state index >= 15 is 0 Å². The number of piperidine rings is 1. The van der Waals surface area contributed by atoms with Crippen molar-refractivity contribution in [1.29, 1.82) is 0 Å². The normalized spacial score (nSPS) is 17.2. The average molecular weight is 343 g/mol. The van der Waals surface area contributed by atoms with E-state index in [0.29, 0.717) is 25.9 Å². The number of rotatable bonds is 5. The first-order chi connectivity index (χ1) is 12.1. The molecule has 0 radical (unpaired) electrons. The van der Waals surface area contributed by atoms with Crippen LogP contribution in [0.1, 0.15) is 30.0 Å². The molecule has 1 saturated heterocycles. The number of benzene rings is 2. The molecule has 1 aliphatic rings. The lowest BCUT2D eigenvalue weighted by atomic mass is 9.91. The molecule has 0 spiro atoms. The van der Waals surface area contributed by atoms with E-state index in [4.69, 9.17) is 4.74 Å². The van der Waals surface area contributed by atoms with Crippen LogP contribution in [0.3, 0.4) is 0 Å². The van der Waals surface area contributed by atoms with Gasteiger partial charge in [-0.1, -0.05) is 30.3 Å². The maximum Gasteiger partial charge on any atom is 0.306 e. The van der Waals surface area contributed by atoms with Gasteiger partial charge in [-0.2, -0.15) is 0 Å². The first-order valence-corrected chi connectivity index (χ1v) is 8.45. The molecule has 0 bridgehead atoms. The zero-order valence-corrected chi connectivity index (χ0v) is 14.2. The molecule has 0 aliphatic carbocycles. The van der Waals surface area contributed by atoms with Crippen LogP contribution in [-0.4, -0.2) is 36.2 Å². The number of ether oxygens (including phenoxy) is 1. The third-order valence-corrected chi connectivity index (χ3v) is 4.86. The number of methoxy groups -OCH3 is 1. The van der Waals surface area contributed by atoms with Gasteiger partial charge in [-0.3, -0.25) is 9.69 Å². The Hall–Kier alpha value is -2.40. The Labute approximate surface area is 146 Å². The largest absolute Gasteiger partial charge is 0.496 e. The van der Waals surface area contributed by atoms with Crippen LogP contribution in [0, 0.1) is 11.7 Å². The molecular formula is C20H22FNO3. The molecule has 2 aromatic carbocycles. The summed E-state index contributed by atoms with van der Waals surface area (Å²) >= 11 is 0. The summed E-state index contributed by atoms with van der Waals surface area (Å²) in [6, 6.07) is 14.2. The maximum absolute atomic E-state index is 13.4. The molecular weight excluding hydrogens is 321 g/mol. The Morgan fingerprint density at radius 1 is 1.16 bits per heavy atom. The van der Waals surface area contributed by atoms with Gasteiger partial charge in [0.25, 0.3) is 0 Å². The van der Waals surface area contributed by atoms with Crippen LogP contribution in [-0.2, 0) is 4.79 Å². The lowest BCUT2D eigenvalue weighted by Gasteiger charge is -2.37. The minimum atomic E-state index is -0.727. The van der Waals surface area contributed by atoms with Gasteiger partial charge in [0.15, 0.2) is 0 Å². The highest BCUT2D eigenvalue weighted by atomic mass is 19.1. The monoisotopic (exact) mass is 343 g/mol. The van der Waals surface area contributed by atoms with Gasteiger partial charge in [-0.05, 0) is 49.7 Å². The van der Waals surface area contributed by atoms with Gasteiger partial charge in [0.1, 0.15) is 11.6 Å². The van der Waals surface area contributed by atoms with Gasteiger partial charge in [0.05, 0.1) is 19.1 Å². The summed E-state index contributed by atoms with van der Waals surface area (Å²) in [5, 5.41) is 9.23. The molecule has 1 heterocycles. The van der Waals surface area contributed by atoms with E-state index < -0.39 is 5.97 Å². The Kier molecular flexibility index (Phi) is 5.34.